The quantitative estimate of drug-likeness (QED) is 0.743. The number of nitrogens with two attached hydrogens (primary N) is 1. The summed E-state index contributed by atoms with van der Waals surface area (Å²) < 4.78 is 24.4. The van der Waals surface area contributed by atoms with Crippen LogP contribution in [0.15, 0.2) is 6.07 Å². The minimum atomic E-state index is -2.68. The Balaban J connectivity index is 3.28. The molecule has 0 unspecified atom stereocenters. The highest BCUT2D eigenvalue weighted by molar-refractivity contribution is 6.33. The Morgan fingerprint density at radius 1 is 1.58 bits per heavy atom. The molecule has 0 aromatic carbocycles. The van der Waals surface area contributed by atoms with E-state index in [1.54, 1.807) is 6.92 Å². The first-order chi connectivity index (χ1) is 5.52. The maximum Gasteiger partial charge on any atom is 0.282 e. The van der Waals surface area contributed by atoms with Gasteiger partial charge in [-0.25, -0.2) is 13.8 Å². The normalized spacial score (nSPS) is 10.8. The van der Waals surface area contributed by atoms with Crippen LogP contribution in [0.1, 0.15) is 17.8 Å². The van der Waals surface area contributed by atoms with Gasteiger partial charge in [0, 0.05) is 5.69 Å². The lowest BCUT2D eigenvalue weighted by molar-refractivity contribution is 0.147. The average molecular weight is 193 g/mol. The second-order valence-corrected chi connectivity index (χ2v) is 2.75. The van der Waals surface area contributed by atoms with Gasteiger partial charge in [0.15, 0.2) is 0 Å². The lowest BCUT2D eigenvalue weighted by Gasteiger charge is -2.05. The van der Waals surface area contributed by atoms with Crippen LogP contribution in [0.2, 0.25) is 5.02 Å². The molecule has 5 heteroatoms. The van der Waals surface area contributed by atoms with Gasteiger partial charge in [0.2, 0.25) is 0 Å². The van der Waals surface area contributed by atoms with Gasteiger partial charge in [-0.3, -0.25) is 0 Å². The zero-order valence-electron chi connectivity index (χ0n) is 6.31. The summed E-state index contributed by atoms with van der Waals surface area (Å²) in [5.41, 5.74) is 5.13. The molecule has 0 radical (unpaired) electrons. The first kappa shape index (κ1) is 9.19. The Labute approximate surface area is 73.4 Å². The smallest absolute Gasteiger partial charge is 0.282 e. The molecule has 12 heavy (non-hydrogen) atoms. The zero-order chi connectivity index (χ0) is 9.30. The van der Waals surface area contributed by atoms with Crippen LogP contribution >= 0.6 is 11.6 Å². The number of hydrogen-bond acceptors (Lipinski definition) is 2. The Kier molecular flexibility index (Phi) is 2.47. The van der Waals surface area contributed by atoms with E-state index in [0.717, 1.165) is 0 Å². The van der Waals surface area contributed by atoms with Crippen molar-refractivity contribution in [2.24, 2.45) is 0 Å². The fraction of sp³-hybridized carbons (Fsp3) is 0.286. The van der Waals surface area contributed by atoms with Crippen molar-refractivity contribution in [3.63, 3.8) is 0 Å². The van der Waals surface area contributed by atoms with Gasteiger partial charge in [0.25, 0.3) is 6.43 Å². The molecule has 2 N–H and O–H groups in total. The third-order valence-corrected chi connectivity index (χ3v) is 1.69. The van der Waals surface area contributed by atoms with E-state index in [4.69, 9.17) is 17.3 Å². The van der Waals surface area contributed by atoms with Gasteiger partial charge in [-0.1, -0.05) is 11.6 Å². The van der Waals surface area contributed by atoms with E-state index in [9.17, 15) is 8.78 Å². The molecule has 0 saturated carbocycles. The zero-order valence-corrected chi connectivity index (χ0v) is 7.07. The van der Waals surface area contributed by atoms with Gasteiger partial charge in [-0.2, -0.15) is 0 Å². The van der Waals surface area contributed by atoms with Crippen LogP contribution in [0, 0.1) is 6.92 Å². The molecule has 1 aromatic heterocycles. The minimum Gasteiger partial charge on any atom is -0.396 e. The van der Waals surface area contributed by atoms with Crippen LogP contribution in [0.3, 0.4) is 0 Å². The standard InChI is InChI=1S/C7H7ClF2N2/c1-3-2-4(8)5(11)6(12-3)7(9)10/h2,7H,11H2,1H3. The summed E-state index contributed by atoms with van der Waals surface area (Å²) in [7, 11) is 0. The maximum atomic E-state index is 12.2. The Bertz CT molecular complexity index is 302. The molecule has 0 aliphatic heterocycles. The van der Waals surface area contributed by atoms with Crippen LogP contribution in [-0.2, 0) is 0 Å². The van der Waals surface area contributed by atoms with Crippen molar-refractivity contribution in [1.29, 1.82) is 0 Å². The number of halogens is 3. The minimum absolute atomic E-state index is 0.123. The van der Waals surface area contributed by atoms with Gasteiger partial charge in [0.1, 0.15) is 5.69 Å². The highest BCUT2D eigenvalue weighted by Crippen LogP contribution is 2.29. The molecule has 0 amide bonds. The molecule has 1 heterocycles. The van der Waals surface area contributed by atoms with Crippen molar-refractivity contribution in [1.82, 2.24) is 4.98 Å². The van der Waals surface area contributed by atoms with Gasteiger partial charge in [0.05, 0.1) is 10.7 Å². The fourth-order valence-electron chi connectivity index (χ4n) is 0.832. The Morgan fingerprint density at radius 2 is 2.17 bits per heavy atom. The first-order valence-electron chi connectivity index (χ1n) is 3.23. The number of aryl methyl sites for hydroxylation is 1. The Hall–Kier alpha value is -0.900. The SMILES string of the molecule is Cc1cc(Cl)c(N)c(C(F)F)n1. The number of rotatable bonds is 1. The van der Waals surface area contributed by atoms with Crippen molar-refractivity contribution in [2.75, 3.05) is 5.73 Å². The van der Waals surface area contributed by atoms with Crippen molar-refractivity contribution in [3.8, 4) is 0 Å². The summed E-state index contributed by atoms with van der Waals surface area (Å²) >= 11 is 5.56. The van der Waals surface area contributed by atoms with Gasteiger partial charge >= 0.3 is 0 Å². The van der Waals surface area contributed by atoms with Crippen LogP contribution in [0.5, 0.6) is 0 Å². The molecule has 0 aliphatic rings. The van der Waals surface area contributed by atoms with E-state index in [1.807, 2.05) is 0 Å². The lowest BCUT2D eigenvalue weighted by atomic mass is 10.2. The molecule has 2 nitrogen and oxygen atoms in total. The molecule has 66 valence electrons. The van der Waals surface area contributed by atoms with E-state index < -0.39 is 12.1 Å². The highest BCUT2D eigenvalue weighted by atomic mass is 35.5. The summed E-state index contributed by atoms with van der Waals surface area (Å²) in [6, 6.07) is 1.45. The third kappa shape index (κ3) is 1.64. The number of hydrogen-bond donors (Lipinski definition) is 1. The molecular weight excluding hydrogens is 186 g/mol. The molecule has 0 aliphatic carbocycles. The molecule has 0 spiro atoms. The molecule has 0 bridgehead atoms. The average Bonchev–Trinajstić information content (AvgIpc) is 1.96. The molecular formula is C7H7ClF2N2. The third-order valence-electron chi connectivity index (χ3n) is 1.37. The van der Waals surface area contributed by atoms with Crippen molar-refractivity contribution < 1.29 is 8.78 Å². The van der Waals surface area contributed by atoms with Gasteiger partial charge in [-0.05, 0) is 13.0 Å². The van der Waals surface area contributed by atoms with Crippen molar-refractivity contribution >= 4 is 17.3 Å². The largest absolute Gasteiger partial charge is 0.396 e. The maximum absolute atomic E-state index is 12.2. The number of nitrogen functional groups attached to an aromatic ring is 1. The lowest BCUT2D eigenvalue weighted by Crippen LogP contribution is -2.00. The topological polar surface area (TPSA) is 38.9 Å². The summed E-state index contributed by atoms with van der Waals surface area (Å²) in [5, 5.41) is 0.123. The highest BCUT2D eigenvalue weighted by Gasteiger charge is 2.15. The summed E-state index contributed by atoms with van der Waals surface area (Å²) in [6.07, 6.45) is -2.68. The summed E-state index contributed by atoms with van der Waals surface area (Å²) in [6.45, 7) is 1.58. The van der Waals surface area contributed by atoms with Crippen LogP contribution in [0.4, 0.5) is 14.5 Å². The number of alkyl halides is 2. The molecule has 0 fully saturated rings. The number of pyridine rings is 1. The van der Waals surface area contributed by atoms with Gasteiger partial charge in [-0.15, -0.1) is 0 Å². The van der Waals surface area contributed by atoms with Crippen LogP contribution in [0.25, 0.3) is 0 Å². The van der Waals surface area contributed by atoms with Gasteiger partial charge < -0.3 is 5.73 Å². The molecule has 1 aromatic rings. The van der Waals surface area contributed by atoms with Crippen LogP contribution < -0.4 is 5.73 Å². The van der Waals surface area contributed by atoms with Crippen LogP contribution in [-0.4, -0.2) is 4.98 Å². The van der Waals surface area contributed by atoms with E-state index in [2.05, 4.69) is 4.98 Å². The van der Waals surface area contributed by atoms with E-state index in [-0.39, 0.29) is 10.7 Å². The summed E-state index contributed by atoms with van der Waals surface area (Å²) in [5.74, 6) is 0. The van der Waals surface area contributed by atoms with Crippen molar-refractivity contribution in [3.05, 3.63) is 22.5 Å². The number of aromatic nitrogens is 1. The monoisotopic (exact) mass is 192 g/mol. The van der Waals surface area contributed by atoms with E-state index in [0.29, 0.717) is 5.69 Å². The van der Waals surface area contributed by atoms with Crippen molar-refractivity contribution in [2.45, 2.75) is 13.3 Å². The summed E-state index contributed by atoms with van der Waals surface area (Å²) in [4.78, 5) is 3.57. The molecule has 0 saturated heterocycles. The van der Waals surface area contributed by atoms with E-state index in [1.165, 1.54) is 6.07 Å². The fourth-order valence-corrected chi connectivity index (χ4v) is 1.09. The molecule has 1 rings (SSSR count). The molecule has 0 atom stereocenters. The Morgan fingerprint density at radius 3 is 2.67 bits per heavy atom. The number of nitrogens with zero attached hydrogens (tertiary/aromatic N) is 1. The predicted molar refractivity (Wildman–Crippen MR) is 43.4 cm³/mol. The second-order valence-electron chi connectivity index (χ2n) is 2.35. The predicted octanol–water partition coefficient (Wildman–Crippen LogP) is 2.56. The number of anilines is 1. The second kappa shape index (κ2) is 3.23. The first-order valence-corrected chi connectivity index (χ1v) is 3.61. The van der Waals surface area contributed by atoms with E-state index >= 15 is 0 Å².